The first-order valence-corrected chi connectivity index (χ1v) is 10.5. The van der Waals surface area contributed by atoms with E-state index in [0.717, 1.165) is 56.4 Å². The Labute approximate surface area is 172 Å². The molecule has 28 heavy (non-hydrogen) atoms. The Morgan fingerprint density at radius 2 is 1.54 bits per heavy atom. The molecule has 0 spiro atoms. The minimum absolute atomic E-state index is 0.596. The smallest absolute Gasteiger partial charge is 0.195 e. The summed E-state index contributed by atoms with van der Waals surface area (Å²) in [4.78, 5) is 2.43. The van der Waals surface area contributed by atoms with Crippen molar-refractivity contribution in [3.8, 4) is 0 Å². The van der Waals surface area contributed by atoms with E-state index in [1.54, 1.807) is 0 Å². The van der Waals surface area contributed by atoms with Gasteiger partial charge in [0.15, 0.2) is 5.79 Å². The number of nitrogens with zero attached hydrogens (tertiary/aromatic N) is 1. The van der Waals surface area contributed by atoms with Crippen molar-refractivity contribution in [2.75, 3.05) is 32.8 Å². The van der Waals surface area contributed by atoms with Gasteiger partial charge in [0.1, 0.15) is 0 Å². The molecule has 4 rings (SSSR count). The van der Waals surface area contributed by atoms with Gasteiger partial charge in [0.05, 0.1) is 18.8 Å². The summed E-state index contributed by atoms with van der Waals surface area (Å²) in [7, 11) is 0. The van der Waals surface area contributed by atoms with Gasteiger partial charge in [-0.3, -0.25) is 0 Å². The van der Waals surface area contributed by atoms with Gasteiger partial charge in [-0.25, -0.2) is 0 Å². The Kier molecular flexibility index (Phi) is 6.04. The van der Waals surface area contributed by atoms with Crippen LogP contribution in [0.1, 0.15) is 36.8 Å². The predicted octanol–water partition coefficient (Wildman–Crippen LogP) is 4.30. The molecule has 0 atom stereocenters. The summed E-state index contributed by atoms with van der Waals surface area (Å²) in [6.45, 7) is 4.05. The van der Waals surface area contributed by atoms with E-state index in [2.05, 4.69) is 17.0 Å². The third-order valence-corrected chi connectivity index (χ3v) is 6.26. The summed E-state index contributed by atoms with van der Waals surface area (Å²) < 4.78 is 12.1. The fourth-order valence-corrected chi connectivity index (χ4v) is 4.46. The SMILES string of the molecule is OC1(c2ccc(Cl)cc2)CCN(CCCC2(c3ccccc3)OCCO2)CC1. The van der Waals surface area contributed by atoms with Crippen LogP contribution in [0.25, 0.3) is 0 Å². The van der Waals surface area contributed by atoms with Gasteiger partial charge in [0.2, 0.25) is 0 Å². The van der Waals surface area contributed by atoms with Gasteiger partial charge >= 0.3 is 0 Å². The van der Waals surface area contributed by atoms with Gasteiger partial charge in [0.25, 0.3) is 0 Å². The first kappa shape index (κ1) is 19.9. The number of halogens is 1. The van der Waals surface area contributed by atoms with Crippen LogP contribution in [0.2, 0.25) is 5.02 Å². The molecule has 0 bridgehead atoms. The van der Waals surface area contributed by atoms with E-state index in [1.165, 1.54) is 0 Å². The van der Waals surface area contributed by atoms with Crippen molar-refractivity contribution in [3.05, 3.63) is 70.7 Å². The zero-order chi connectivity index (χ0) is 19.5. The Hall–Kier alpha value is -1.43. The second-order valence-corrected chi connectivity index (χ2v) is 8.24. The van der Waals surface area contributed by atoms with Gasteiger partial charge in [0, 0.05) is 30.1 Å². The number of piperidine rings is 1. The fourth-order valence-electron chi connectivity index (χ4n) is 4.33. The van der Waals surface area contributed by atoms with Crippen molar-refractivity contribution in [3.63, 3.8) is 0 Å². The molecule has 0 amide bonds. The van der Waals surface area contributed by atoms with E-state index in [-0.39, 0.29) is 0 Å². The number of ether oxygens (including phenoxy) is 2. The lowest BCUT2D eigenvalue weighted by molar-refractivity contribution is -0.172. The molecular formula is C23H28ClNO3. The minimum Gasteiger partial charge on any atom is -0.385 e. The molecule has 2 aliphatic rings. The zero-order valence-corrected chi connectivity index (χ0v) is 16.9. The summed E-state index contributed by atoms with van der Waals surface area (Å²) in [6.07, 6.45) is 3.32. The average molecular weight is 402 g/mol. The summed E-state index contributed by atoms with van der Waals surface area (Å²) in [5.41, 5.74) is 1.32. The van der Waals surface area contributed by atoms with Crippen molar-refractivity contribution >= 4 is 11.6 Å². The molecule has 1 N–H and O–H groups in total. The second kappa shape index (κ2) is 8.52. The van der Waals surface area contributed by atoms with Gasteiger partial charge in [-0.05, 0) is 43.5 Å². The molecule has 2 aromatic rings. The number of likely N-dealkylation sites (tertiary alicyclic amines) is 1. The number of hydrogen-bond acceptors (Lipinski definition) is 4. The highest BCUT2D eigenvalue weighted by Crippen LogP contribution is 2.37. The van der Waals surface area contributed by atoms with Crippen LogP contribution in [0.4, 0.5) is 0 Å². The van der Waals surface area contributed by atoms with E-state index < -0.39 is 11.4 Å². The topological polar surface area (TPSA) is 41.9 Å². The molecule has 2 aromatic carbocycles. The largest absolute Gasteiger partial charge is 0.385 e. The standard InChI is InChI=1S/C23H28ClNO3/c24-21-9-7-19(8-10-21)22(26)12-15-25(16-13-22)14-4-11-23(27-17-18-28-23)20-5-2-1-3-6-20/h1-3,5-10,26H,4,11-18H2. The van der Waals surface area contributed by atoms with Gasteiger partial charge in [-0.2, -0.15) is 0 Å². The van der Waals surface area contributed by atoms with Crippen LogP contribution in [-0.4, -0.2) is 42.9 Å². The first-order valence-electron chi connectivity index (χ1n) is 10.1. The van der Waals surface area contributed by atoms with Gasteiger partial charge in [-0.1, -0.05) is 54.1 Å². The van der Waals surface area contributed by atoms with Crippen LogP contribution in [0, 0.1) is 0 Å². The summed E-state index contributed by atoms with van der Waals surface area (Å²) in [6, 6.07) is 17.8. The maximum absolute atomic E-state index is 11.0. The molecule has 0 saturated carbocycles. The van der Waals surface area contributed by atoms with Crippen LogP contribution in [-0.2, 0) is 20.9 Å². The van der Waals surface area contributed by atoms with E-state index in [1.807, 2.05) is 42.5 Å². The quantitative estimate of drug-likeness (QED) is 0.783. The molecular weight excluding hydrogens is 374 g/mol. The van der Waals surface area contributed by atoms with Crippen LogP contribution >= 0.6 is 11.6 Å². The Morgan fingerprint density at radius 1 is 0.893 bits per heavy atom. The number of hydrogen-bond donors (Lipinski definition) is 1. The van der Waals surface area contributed by atoms with Crippen molar-refractivity contribution in [1.82, 2.24) is 4.90 Å². The molecule has 0 aromatic heterocycles. The molecule has 2 aliphatic heterocycles. The number of rotatable bonds is 6. The van der Waals surface area contributed by atoms with E-state index in [9.17, 15) is 5.11 Å². The average Bonchev–Trinajstić information content (AvgIpc) is 3.21. The van der Waals surface area contributed by atoms with Crippen LogP contribution in [0.3, 0.4) is 0 Å². The van der Waals surface area contributed by atoms with Gasteiger partial charge < -0.3 is 19.5 Å². The second-order valence-electron chi connectivity index (χ2n) is 7.80. The summed E-state index contributed by atoms with van der Waals surface area (Å²) >= 11 is 5.98. The van der Waals surface area contributed by atoms with E-state index in [4.69, 9.17) is 21.1 Å². The summed E-state index contributed by atoms with van der Waals surface area (Å²) in [5.74, 6) is -0.596. The molecule has 150 valence electrons. The molecule has 2 fully saturated rings. The summed E-state index contributed by atoms with van der Waals surface area (Å²) in [5, 5.41) is 11.7. The maximum atomic E-state index is 11.0. The van der Waals surface area contributed by atoms with Crippen LogP contribution in [0.15, 0.2) is 54.6 Å². The van der Waals surface area contributed by atoms with Crippen molar-refractivity contribution in [2.45, 2.75) is 37.1 Å². The van der Waals surface area contributed by atoms with Crippen molar-refractivity contribution < 1.29 is 14.6 Å². The maximum Gasteiger partial charge on any atom is 0.195 e. The highest BCUT2D eigenvalue weighted by Gasteiger charge is 2.38. The first-order chi connectivity index (χ1) is 13.6. The number of aliphatic hydroxyl groups is 1. The lowest BCUT2D eigenvalue weighted by Gasteiger charge is -2.39. The number of benzene rings is 2. The van der Waals surface area contributed by atoms with Crippen molar-refractivity contribution in [1.29, 1.82) is 0 Å². The third kappa shape index (κ3) is 4.27. The lowest BCUT2D eigenvalue weighted by atomic mass is 9.84. The zero-order valence-electron chi connectivity index (χ0n) is 16.1. The monoisotopic (exact) mass is 401 g/mol. The third-order valence-electron chi connectivity index (χ3n) is 6.01. The lowest BCUT2D eigenvalue weighted by Crippen LogP contribution is -2.43. The van der Waals surface area contributed by atoms with Gasteiger partial charge in [-0.15, -0.1) is 0 Å². The highest BCUT2D eigenvalue weighted by atomic mass is 35.5. The molecule has 2 heterocycles. The molecule has 4 nitrogen and oxygen atoms in total. The Morgan fingerprint density at radius 3 is 2.18 bits per heavy atom. The molecule has 5 heteroatoms. The Bertz CT molecular complexity index is 751. The normalized spacial score (nSPS) is 21.6. The molecule has 2 saturated heterocycles. The minimum atomic E-state index is -0.746. The van der Waals surface area contributed by atoms with E-state index >= 15 is 0 Å². The highest BCUT2D eigenvalue weighted by molar-refractivity contribution is 6.30. The predicted molar refractivity (Wildman–Crippen MR) is 110 cm³/mol. The molecule has 0 radical (unpaired) electrons. The van der Waals surface area contributed by atoms with E-state index in [0.29, 0.717) is 18.2 Å². The van der Waals surface area contributed by atoms with Crippen LogP contribution in [0.5, 0.6) is 0 Å². The van der Waals surface area contributed by atoms with Crippen molar-refractivity contribution in [2.24, 2.45) is 0 Å². The fraction of sp³-hybridized carbons (Fsp3) is 0.478. The Balaban J connectivity index is 1.30. The van der Waals surface area contributed by atoms with Crippen LogP contribution < -0.4 is 0 Å². The molecule has 0 aliphatic carbocycles. The molecule has 0 unspecified atom stereocenters.